The normalized spacial score (nSPS) is 18.2. The zero-order valence-corrected chi connectivity index (χ0v) is 36.2. The second-order valence-corrected chi connectivity index (χ2v) is 18.1. The van der Waals surface area contributed by atoms with E-state index in [4.69, 9.17) is 9.40 Å². The van der Waals surface area contributed by atoms with E-state index in [1.165, 1.54) is 10.5 Å². The van der Waals surface area contributed by atoms with E-state index in [1.807, 2.05) is 60.6 Å². The van der Waals surface area contributed by atoms with Gasteiger partial charge in [-0.2, -0.15) is 0 Å². The van der Waals surface area contributed by atoms with Crippen molar-refractivity contribution in [2.75, 3.05) is 0 Å². The van der Waals surface area contributed by atoms with Crippen LogP contribution in [0.15, 0.2) is 197 Å². The van der Waals surface area contributed by atoms with E-state index in [0.717, 1.165) is 107 Å². The van der Waals surface area contributed by atoms with Gasteiger partial charge in [0.1, 0.15) is 11.2 Å². The first-order chi connectivity index (χ1) is 30.8. The lowest BCUT2D eigenvalue weighted by Crippen LogP contribution is -2.31. The Morgan fingerprint density at radius 1 is 0.794 bits per heavy atom. The zero-order chi connectivity index (χ0) is 42.7. The highest BCUT2D eigenvalue weighted by molar-refractivity contribution is 8.03. The lowest BCUT2D eigenvalue weighted by molar-refractivity contribution is 0.431. The number of nitrogens with zero attached hydrogens (tertiary/aromatic N) is 3. The maximum atomic E-state index is 6.34. The van der Waals surface area contributed by atoms with Crippen molar-refractivity contribution in [2.24, 2.45) is 5.41 Å². The molecule has 1 aliphatic heterocycles. The highest BCUT2D eigenvalue weighted by atomic mass is 32.2. The summed E-state index contributed by atoms with van der Waals surface area (Å²) < 4.78 is 8.78. The van der Waals surface area contributed by atoms with Gasteiger partial charge < -0.3 is 8.98 Å². The minimum Gasteiger partial charge on any atom is -0.456 e. The van der Waals surface area contributed by atoms with E-state index in [2.05, 4.69) is 176 Å². The fourth-order valence-corrected chi connectivity index (χ4v) is 10.5. The van der Waals surface area contributed by atoms with Crippen molar-refractivity contribution in [1.82, 2.24) is 14.5 Å². The Kier molecular flexibility index (Phi) is 9.48. The molecule has 0 fully saturated rings. The summed E-state index contributed by atoms with van der Waals surface area (Å²) >= 11 is 1.90. The Balaban J connectivity index is 1.07. The quantitative estimate of drug-likeness (QED) is 0.119. The number of fused-ring (bicyclic) bond motifs is 7. The standard InChI is InChI=1S/C58H43N3OS/c1-5-6-11-43-32-38(3)63-57-28-21-44(29-30-58(43,57)4)61-53-24-17-39(40-19-26-55-49(33-40)50-35-42(20-27-56(50)62-55)51-14-9-10-31-59-51)16-22-47(53)48-34-41(18-25-54(48)61)45-12-7-8-13-46(45)52-23-15-37(2)36-60-52/h5-15,17-29,31,33-36,57H,1,30H2,2-4H3/b11-6-. The van der Waals surface area contributed by atoms with E-state index >= 15 is 0 Å². The van der Waals surface area contributed by atoms with Gasteiger partial charge in [0.2, 0.25) is 0 Å². The Morgan fingerprint density at radius 3 is 2.37 bits per heavy atom. The summed E-state index contributed by atoms with van der Waals surface area (Å²) in [4.78, 5) is 10.6. The SMILES string of the molecule is C=C/C=C\C1=C=C(C)SC2C=CC(n3c4c(c5cc(-c6ccccc6-c6ccc(C)cn6)ccc53)C=C=C(c3ccc5oc6ccc(-c7ccccn7)cc6c5c3)C=C4)=CCC12C. The molecule has 0 radical (unpaired) electrons. The van der Waals surface area contributed by atoms with Crippen LogP contribution < -0.4 is 0 Å². The van der Waals surface area contributed by atoms with Gasteiger partial charge in [-0.1, -0.05) is 92.4 Å². The highest BCUT2D eigenvalue weighted by Gasteiger charge is 2.39. The summed E-state index contributed by atoms with van der Waals surface area (Å²) in [6.45, 7) is 10.6. The van der Waals surface area contributed by atoms with Crippen LogP contribution in [-0.2, 0) is 0 Å². The summed E-state index contributed by atoms with van der Waals surface area (Å²) in [5.41, 5.74) is 24.3. The third kappa shape index (κ3) is 6.75. The Bertz CT molecular complexity index is 3470. The van der Waals surface area contributed by atoms with E-state index in [-0.39, 0.29) is 10.7 Å². The zero-order valence-electron chi connectivity index (χ0n) is 35.4. The fourth-order valence-electron chi connectivity index (χ4n) is 9.31. The van der Waals surface area contributed by atoms with Crippen molar-refractivity contribution >= 4 is 68.0 Å². The van der Waals surface area contributed by atoms with E-state index in [0.29, 0.717) is 0 Å². The van der Waals surface area contributed by atoms with Gasteiger partial charge in [-0.3, -0.25) is 9.97 Å². The highest BCUT2D eigenvalue weighted by Crippen LogP contribution is 2.50. The summed E-state index contributed by atoms with van der Waals surface area (Å²) in [6.07, 6.45) is 24.5. The summed E-state index contributed by atoms with van der Waals surface area (Å²) in [5.74, 6) is 0. The minimum absolute atomic E-state index is 0.137. The van der Waals surface area contributed by atoms with Crippen LogP contribution in [-0.4, -0.2) is 19.8 Å². The number of hydrogen-bond acceptors (Lipinski definition) is 4. The van der Waals surface area contributed by atoms with Gasteiger partial charge in [-0.15, -0.1) is 23.2 Å². The molecule has 8 aromatic rings. The lowest BCUT2D eigenvalue weighted by Gasteiger charge is -2.37. The molecule has 3 aliphatic rings. The molecule has 4 aromatic heterocycles. The molecule has 2 aliphatic carbocycles. The van der Waals surface area contributed by atoms with Gasteiger partial charge in [0.05, 0.1) is 22.6 Å². The molecular formula is C58H43N3OS. The van der Waals surface area contributed by atoms with Crippen LogP contribution in [0.25, 0.3) is 89.9 Å². The molecule has 5 heterocycles. The van der Waals surface area contributed by atoms with Gasteiger partial charge in [0.15, 0.2) is 0 Å². The van der Waals surface area contributed by atoms with Crippen LogP contribution in [0.4, 0.5) is 0 Å². The van der Waals surface area contributed by atoms with Crippen molar-refractivity contribution < 1.29 is 4.42 Å². The molecule has 0 bridgehead atoms. The van der Waals surface area contributed by atoms with E-state index in [1.54, 1.807) is 0 Å². The van der Waals surface area contributed by atoms with Gasteiger partial charge in [-0.25, -0.2) is 0 Å². The second kappa shape index (κ2) is 15.5. The number of furan rings is 1. The first-order valence-corrected chi connectivity index (χ1v) is 22.3. The number of pyridine rings is 2. The summed E-state index contributed by atoms with van der Waals surface area (Å²) in [5, 5.41) is 3.55. The predicted octanol–water partition coefficient (Wildman–Crippen LogP) is 15.5. The molecule has 2 atom stereocenters. The van der Waals surface area contributed by atoms with Crippen LogP contribution in [0.5, 0.6) is 0 Å². The second-order valence-electron chi connectivity index (χ2n) is 16.7. The van der Waals surface area contributed by atoms with Crippen LogP contribution in [0.2, 0.25) is 0 Å². The summed E-state index contributed by atoms with van der Waals surface area (Å²) in [6, 6.07) is 38.5. The van der Waals surface area contributed by atoms with E-state index in [9.17, 15) is 0 Å². The van der Waals surface area contributed by atoms with Crippen LogP contribution in [0, 0.1) is 12.3 Å². The topological polar surface area (TPSA) is 43.9 Å². The van der Waals surface area contributed by atoms with Crippen LogP contribution in [0.1, 0.15) is 42.7 Å². The molecule has 0 spiro atoms. The molecule has 0 amide bonds. The molecule has 302 valence electrons. The van der Waals surface area contributed by atoms with Crippen molar-refractivity contribution in [3.8, 4) is 33.6 Å². The number of allylic oxidation sites excluding steroid dienone is 9. The van der Waals surface area contributed by atoms with Crippen molar-refractivity contribution in [1.29, 1.82) is 0 Å². The monoisotopic (exact) mass is 829 g/mol. The molecule has 11 rings (SSSR count). The molecule has 5 heteroatoms. The third-order valence-corrected chi connectivity index (χ3v) is 14.1. The van der Waals surface area contributed by atoms with Crippen molar-refractivity contribution in [3.63, 3.8) is 0 Å². The molecular weight excluding hydrogens is 787 g/mol. The third-order valence-electron chi connectivity index (χ3n) is 12.7. The number of aryl methyl sites for hydroxylation is 1. The number of rotatable bonds is 7. The maximum Gasteiger partial charge on any atom is 0.135 e. The largest absolute Gasteiger partial charge is 0.456 e. The molecule has 4 nitrogen and oxygen atoms in total. The first-order valence-electron chi connectivity index (χ1n) is 21.4. The first kappa shape index (κ1) is 38.5. The average molecular weight is 830 g/mol. The van der Waals surface area contributed by atoms with Crippen molar-refractivity contribution in [3.05, 3.63) is 215 Å². The Morgan fingerprint density at radius 2 is 1.57 bits per heavy atom. The fraction of sp³-hybridized carbons (Fsp3) is 0.103. The number of benzene rings is 4. The molecule has 0 N–H and O–H groups in total. The maximum absolute atomic E-state index is 6.34. The minimum atomic E-state index is -0.137. The summed E-state index contributed by atoms with van der Waals surface area (Å²) in [7, 11) is 0. The average Bonchev–Trinajstić information content (AvgIpc) is 3.66. The predicted molar refractivity (Wildman–Crippen MR) is 266 cm³/mol. The molecule has 4 aromatic carbocycles. The van der Waals surface area contributed by atoms with Crippen molar-refractivity contribution in [2.45, 2.75) is 32.4 Å². The number of hydrogen-bond donors (Lipinski definition) is 0. The van der Waals surface area contributed by atoms with Gasteiger partial charge >= 0.3 is 0 Å². The van der Waals surface area contributed by atoms with Crippen LogP contribution >= 0.6 is 11.8 Å². The van der Waals surface area contributed by atoms with E-state index < -0.39 is 0 Å². The number of aromatic nitrogens is 3. The smallest absolute Gasteiger partial charge is 0.135 e. The molecule has 0 saturated heterocycles. The number of thioether (sulfide) groups is 1. The Labute approximate surface area is 371 Å². The Hall–Kier alpha value is -7.39. The van der Waals surface area contributed by atoms with Gasteiger partial charge in [0.25, 0.3) is 0 Å². The molecule has 2 unspecified atom stereocenters. The lowest BCUT2D eigenvalue weighted by atomic mass is 9.76. The van der Waals surface area contributed by atoms with Gasteiger partial charge in [0, 0.05) is 77.7 Å². The van der Waals surface area contributed by atoms with Gasteiger partial charge in [-0.05, 0) is 127 Å². The molecule has 0 saturated carbocycles. The molecule has 63 heavy (non-hydrogen) atoms. The van der Waals surface area contributed by atoms with Crippen LogP contribution in [0.3, 0.4) is 0 Å².